The van der Waals surface area contributed by atoms with Crippen molar-refractivity contribution in [1.29, 1.82) is 0 Å². The van der Waals surface area contributed by atoms with Crippen molar-refractivity contribution >= 4 is 11.9 Å². The molecule has 13 heavy (non-hydrogen) atoms. The molecule has 0 aromatic rings. The standard InChI is InChI=1S/C9H15NO3/c1-6(7-3-4-7)5-10-8(11)9(12)13-2/h6-7H,3-5H2,1-2H3,(H,10,11). The van der Waals surface area contributed by atoms with Gasteiger partial charge in [0.25, 0.3) is 0 Å². The van der Waals surface area contributed by atoms with Crippen molar-refractivity contribution in [2.45, 2.75) is 19.8 Å². The highest BCUT2D eigenvalue weighted by atomic mass is 16.5. The van der Waals surface area contributed by atoms with E-state index in [0.29, 0.717) is 12.5 Å². The van der Waals surface area contributed by atoms with Crippen LogP contribution in [0.3, 0.4) is 0 Å². The molecule has 1 aliphatic carbocycles. The van der Waals surface area contributed by atoms with E-state index < -0.39 is 11.9 Å². The summed E-state index contributed by atoms with van der Waals surface area (Å²) in [7, 11) is 1.20. The molecule has 0 heterocycles. The van der Waals surface area contributed by atoms with E-state index in [1.165, 1.54) is 20.0 Å². The van der Waals surface area contributed by atoms with Gasteiger partial charge in [-0.25, -0.2) is 4.79 Å². The Balaban J connectivity index is 2.17. The predicted octanol–water partition coefficient (Wildman–Crippen LogP) is 0.322. The normalized spacial score (nSPS) is 17.7. The number of methoxy groups -OCH3 is 1. The second-order valence-corrected chi connectivity index (χ2v) is 3.52. The summed E-state index contributed by atoms with van der Waals surface area (Å²) in [6, 6.07) is 0. The Labute approximate surface area is 77.6 Å². The van der Waals surface area contributed by atoms with Crippen molar-refractivity contribution in [2.75, 3.05) is 13.7 Å². The van der Waals surface area contributed by atoms with Gasteiger partial charge in [0.15, 0.2) is 0 Å². The average Bonchev–Trinajstić information content (AvgIpc) is 2.95. The molecule has 1 atom stereocenters. The molecule has 1 aliphatic rings. The van der Waals surface area contributed by atoms with Gasteiger partial charge in [0.05, 0.1) is 7.11 Å². The summed E-state index contributed by atoms with van der Waals surface area (Å²) < 4.78 is 4.27. The molecule has 1 saturated carbocycles. The van der Waals surface area contributed by atoms with E-state index >= 15 is 0 Å². The van der Waals surface area contributed by atoms with Crippen LogP contribution in [0.15, 0.2) is 0 Å². The van der Waals surface area contributed by atoms with Gasteiger partial charge in [-0.3, -0.25) is 4.79 Å². The van der Waals surface area contributed by atoms with Crippen molar-refractivity contribution in [2.24, 2.45) is 11.8 Å². The monoisotopic (exact) mass is 185 g/mol. The van der Waals surface area contributed by atoms with Gasteiger partial charge in [0.1, 0.15) is 0 Å². The van der Waals surface area contributed by atoms with E-state index in [9.17, 15) is 9.59 Å². The minimum absolute atomic E-state index is 0.466. The smallest absolute Gasteiger partial charge is 0.396 e. The number of amides is 1. The zero-order chi connectivity index (χ0) is 9.84. The molecule has 1 fully saturated rings. The van der Waals surface area contributed by atoms with E-state index in [1.807, 2.05) is 0 Å². The Kier molecular flexibility index (Phi) is 3.28. The molecule has 1 amide bonds. The Morgan fingerprint density at radius 1 is 1.54 bits per heavy atom. The van der Waals surface area contributed by atoms with Crippen LogP contribution in [0.5, 0.6) is 0 Å². The number of hydrogen-bond acceptors (Lipinski definition) is 3. The summed E-state index contributed by atoms with van der Waals surface area (Å²) in [5, 5.41) is 2.54. The maximum atomic E-state index is 10.9. The van der Waals surface area contributed by atoms with E-state index in [1.54, 1.807) is 0 Å². The van der Waals surface area contributed by atoms with Gasteiger partial charge in [-0.2, -0.15) is 0 Å². The molecular formula is C9H15NO3. The van der Waals surface area contributed by atoms with Gasteiger partial charge in [0.2, 0.25) is 0 Å². The van der Waals surface area contributed by atoms with Crippen LogP contribution in [0.2, 0.25) is 0 Å². The highest BCUT2D eigenvalue weighted by Crippen LogP contribution is 2.35. The molecule has 4 heteroatoms. The molecule has 0 spiro atoms. The zero-order valence-electron chi connectivity index (χ0n) is 8.00. The maximum absolute atomic E-state index is 10.9. The number of hydrogen-bond donors (Lipinski definition) is 1. The third-order valence-electron chi connectivity index (χ3n) is 2.38. The second-order valence-electron chi connectivity index (χ2n) is 3.52. The molecule has 1 unspecified atom stereocenters. The molecule has 0 aromatic heterocycles. The Hall–Kier alpha value is -1.06. The minimum Gasteiger partial charge on any atom is -0.462 e. The second kappa shape index (κ2) is 4.25. The lowest BCUT2D eigenvalue weighted by Gasteiger charge is -2.09. The highest BCUT2D eigenvalue weighted by molar-refractivity contribution is 6.32. The number of rotatable bonds is 3. The lowest BCUT2D eigenvalue weighted by Crippen LogP contribution is -2.35. The fourth-order valence-electron chi connectivity index (χ4n) is 1.25. The first kappa shape index (κ1) is 10.0. The summed E-state index contributed by atoms with van der Waals surface area (Å²) in [5.41, 5.74) is 0. The topological polar surface area (TPSA) is 55.4 Å². The molecule has 0 saturated heterocycles. The third-order valence-corrected chi connectivity index (χ3v) is 2.38. The van der Waals surface area contributed by atoms with E-state index in [-0.39, 0.29) is 0 Å². The van der Waals surface area contributed by atoms with Crippen LogP contribution < -0.4 is 5.32 Å². The third kappa shape index (κ3) is 3.05. The zero-order valence-corrected chi connectivity index (χ0v) is 8.00. The molecule has 0 aromatic carbocycles. The minimum atomic E-state index is -0.817. The quantitative estimate of drug-likeness (QED) is 0.509. The summed E-state index contributed by atoms with van der Waals surface area (Å²) in [4.78, 5) is 21.6. The van der Waals surface area contributed by atoms with Crippen molar-refractivity contribution in [1.82, 2.24) is 5.32 Å². The first-order chi connectivity index (χ1) is 6.15. The lowest BCUT2D eigenvalue weighted by atomic mass is 10.1. The molecular weight excluding hydrogens is 170 g/mol. The number of carbonyl (C=O) groups excluding carboxylic acids is 2. The molecule has 1 rings (SSSR count). The van der Waals surface area contributed by atoms with Crippen LogP contribution in [0, 0.1) is 11.8 Å². The average molecular weight is 185 g/mol. The van der Waals surface area contributed by atoms with Gasteiger partial charge in [0, 0.05) is 6.54 Å². The maximum Gasteiger partial charge on any atom is 0.396 e. The van der Waals surface area contributed by atoms with Gasteiger partial charge in [-0.05, 0) is 24.7 Å². The van der Waals surface area contributed by atoms with Gasteiger partial charge in [-0.1, -0.05) is 6.92 Å². The van der Waals surface area contributed by atoms with Crippen LogP contribution in [0.4, 0.5) is 0 Å². The van der Waals surface area contributed by atoms with Crippen LogP contribution in [-0.4, -0.2) is 25.5 Å². The van der Waals surface area contributed by atoms with E-state index in [2.05, 4.69) is 17.0 Å². The molecule has 74 valence electrons. The predicted molar refractivity (Wildman–Crippen MR) is 46.9 cm³/mol. The SMILES string of the molecule is COC(=O)C(=O)NCC(C)C1CC1. The summed E-state index contributed by atoms with van der Waals surface area (Å²) in [6.45, 7) is 2.65. The van der Waals surface area contributed by atoms with Gasteiger partial charge >= 0.3 is 11.9 Å². The summed E-state index contributed by atoms with van der Waals surface area (Å²) >= 11 is 0. The lowest BCUT2D eigenvalue weighted by molar-refractivity contribution is -0.152. The van der Waals surface area contributed by atoms with Gasteiger partial charge < -0.3 is 10.1 Å². The number of carbonyl (C=O) groups is 2. The molecule has 1 N–H and O–H groups in total. The van der Waals surface area contributed by atoms with Gasteiger partial charge in [-0.15, -0.1) is 0 Å². The number of nitrogens with one attached hydrogen (secondary N) is 1. The highest BCUT2D eigenvalue weighted by Gasteiger charge is 2.28. The van der Waals surface area contributed by atoms with Crippen LogP contribution in [-0.2, 0) is 14.3 Å². The fraction of sp³-hybridized carbons (Fsp3) is 0.778. The van der Waals surface area contributed by atoms with Crippen LogP contribution in [0.25, 0.3) is 0 Å². The molecule has 4 nitrogen and oxygen atoms in total. The van der Waals surface area contributed by atoms with E-state index in [4.69, 9.17) is 0 Å². The van der Waals surface area contributed by atoms with Crippen molar-refractivity contribution < 1.29 is 14.3 Å². The summed E-state index contributed by atoms with van der Waals surface area (Å²) in [5.74, 6) is -0.260. The fourth-order valence-corrected chi connectivity index (χ4v) is 1.25. The number of ether oxygens (including phenoxy) is 1. The first-order valence-corrected chi connectivity index (χ1v) is 4.51. The molecule has 0 bridgehead atoms. The Bertz CT molecular complexity index is 211. The number of esters is 1. The van der Waals surface area contributed by atoms with Crippen molar-refractivity contribution in [3.05, 3.63) is 0 Å². The first-order valence-electron chi connectivity index (χ1n) is 4.51. The largest absolute Gasteiger partial charge is 0.462 e. The Morgan fingerprint density at radius 2 is 2.15 bits per heavy atom. The molecule has 0 aliphatic heterocycles. The van der Waals surface area contributed by atoms with Crippen molar-refractivity contribution in [3.63, 3.8) is 0 Å². The van der Waals surface area contributed by atoms with E-state index in [0.717, 1.165) is 5.92 Å². The Morgan fingerprint density at radius 3 is 2.62 bits per heavy atom. The van der Waals surface area contributed by atoms with Crippen LogP contribution >= 0.6 is 0 Å². The summed E-state index contributed by atoms with van der Waals surface area (Å²) in [6.07, 6.45) is 2.49. The van der Waals surface area contributed by atoms with Crippen LogP contribution in [0.1, 0.15) is 19.8 Å². The molecule has 0 radical (unpaired) electrons. The van der Waals surface area contributed by atoms with Crippen molar-refractivity contribution in [3.8, 4) is 0 Å².